The van der Waals surface area contributed by atoms with E-state index in [-0.39, 0.29) is 12.4 Å². The lowest BCUT2D eigenvalue weighted by atomic mass is 9.97. The van der Waals surface area contributed by atoms with Crippen molar-refractivity contribution in [3.05, 3.63) is 35.4 Å². The van der Waals surface area contributed by atoms with E-state index in [2.05, 4.69) is 5.32 Å². The Bertz CT molecular complexity index is 372. The highest BCUT2D eigenvalue weighted by molar-refractivity contribution is 5.87. The lowest BCUT2D eigenvalue weighted by molar-refractivity contribution is 0.0697. The number of carboxylic acid groups (broad SMARTS) is 1. The number of carboxylic acids is 1. The van der Waals surface area contributed by atoms with Crippen molar-refractivity contribution in [3.63, 3.8) is 0 Å². The fourth-order valence-electron chi connectivity index (χ4n) is 2.33. The number of aromatic carboxylic acids is 1. The van der Waals surface area contributed by atoms with Gasteiger partial charge in [-0.1, -0.05) is 18.6 Å². The summed E-state index contributed by atoms with van der Waals surface area (Å²) in [5.41, 5.74) is 1.59. The molecule has 0 aromatic heterocycles. The Labute approximate surface area is 114 Å². The van der Waals surface area contributed by atoms with Crippen LogP contribution in [-0.2, 0) is 6.42 Å². The minimum atomic E-state index is -0.856. The molecule has 1 aliphatic rings. The molecule has 2 rings (SSSR count). The summed E-state index contributed by atoms with van der Waals surface area (Å²) >= 11 is 0. The van der Waals surface area contributed by atoms with E-state index in [1.807, 2.05) is 12.1 Å². The molecule has 0 radical (unpaired) electrons. The van der Waals surface area contributed by atoms with Crippen LogP contribution in [0.15, 0.2) is 24.3 Å². The van der Waals surface area contributed by atoms with Gasteiger partial charge in [-0.05, 0) is 49.9 Å². The van der Waals surface area contributed by atoms with E-state index >= 15 is 0 Å². The second kappa shape index (κ2) is 7.39. The Morgan fingerprint density at radius 3 is 2.56 bits per heavy atom. The van der Waals surface area contributed by atoms with Crippen LogP contribution < -0.4 is 5.32 Å². The summed E-state index contributed by atoms with van der Waals surface area (Å²) < 4.78 is 0. The predicted molar refractivity (Wildman–Crippen MR) is 74.6 cm³/mol. The molecule has 100 valence electrons. The Kier molecular flexibility index (Phi) is 6.16. The van der Waals surface area contributed by atoms with Crippen molar-refractivity contribution >= 4 is 18.4 Å². The molecule has 0 saturated carbocycles. The third kappa shape index (κ3) is 4.31. The van der Waals surface area contributed by atoms with Gasteiger partial charge in [-0.15, -0.1) is 12.4 Å². The maximum atomic E-state index is 10.7. The maximum absolute atomic E-state index is 10.7. The largest absolute Gasteiger partial charge is 0.478 e. The Balaban J connectivity index is 0.00000162. The molecule has 0 spiro atoms. The first-order valence-electron chi connectivity index (χ1n) is 6.31. The molecule has 1 unspecified atom stereocenters. The van der Waals surface area contributed by atoms with Crippen LogP contribution >= 0.6 is 12.4 Å². The highest BCUT2D eigenvalue weighted by Gasteiger charge is 2.12. The second-order valence-corrected chi connectivity index (χ2v) is 4.69. The van der Waals surface area contributed by atoms with Gasteiger partial charge in [0.25, 0.3) is 0 Å². The van der Waals surface area contributed by atoms with Gasteiger partial charge >= 0.3 is 5.97 Å². The van der Waals surface area contributed by atoms with Crippen molar-refractivity contribution in [1.82, 2.24) is 5.32 Å². The molecule has 0 amide bonds. The number of rotatable bonds is 4. The van der Waals surface area contributed by atoms with E-state index in [1.54, 1.807) is 12.1 Å². The van der Waals surface area contributed by atoms with E-state index in [0.717, 1.165) is 19.4 Å². The molecule has 1 atom stereocenters. The van der Waals surface area contributed by atoms with Crippen LogP contribution in [0.4, 0.5) is 0 Å². The lowest BCUT2D eigenvalue weighted by Crippen LogP contribution is -2.34. The number of benzene rings is 1. The average molecular weight is 270 g/mol. The smallest absolute Gasteiger partial charge is 0.335 e. The summed E-state index contributed by atoms with van der Waals surface area (Å²) in [6.07, 6.45) is 6.07. The molecule has 1 aromatic carbocycles. The number of hydrogen-bond donors (Lipinski definition) is 2. The van der Waals surface area contributed by atoms with E-state index < -0.39 is 5.97 Å². The number of piperidine rings is 1. The number of halogens is 1. The summed E-state index contributed by atoms with van der Waals surface area (Å²) in [7, 11) is 0. The average Bonchev–Trinajstić information content (AvgIpc) is 2.38. The van der Waals surface area contributed by atoms with Crippen LogP contribution in [-0.4, -0.2) is 23.7 Å². The molecule has 0 bridgehead atoms. The molecule has 18 heavy (non-hydrogen) atoms. The van der Waals surface area contributed by atoms with Gasteiger partial charge in [-0.3, -0.25) is 0 Å². The van der Waals surface area contributed by atoms with Crippen LogP contribution in [0, 0.1) is 0 Å². The quantitative estimate of drug-likeness (QED) is 0.884. The molecular formula is C14H20ClNO2. The molecule has 0 aliphatic carbocycles. The van der Waals surface area contributed by atoms with Gasteiger partial charge in [-0.25, -0.2) is 4.79 Å². The normalized spacial score (nSPS) is 19.0. The monoisotopic (exact) mass is 269 g/mol. The first-order chi connectivity index (χ1) is 8.25. The molecule has 1 aromatic rings. The minimum absolute atomic E-state index is 0. The number of hydrogen-bond acceptors (Lipinski definition) is 2. The Hall–Kier alpha value is -1.06. The van der Waals surface area contributed by atoms with Gasteiger partial charge in [0.1, 0.15) is 0 Å². The minimum Gasteiger partial charge on any atom is -0.478 e. The third-order valence-corrected chi connectivity index (χ3v) is 3.39. The third-order valence-electron chi connectivity index (χ3n) is 3.39. The molecule has 2 N–H and O–H groups in total. The summed E-state index contributed by atoms with van der Waals surface area (Å²) in [5.74, 6) is -0.856. The van der Waals surface area contributed by atoms with Gasteiger partial charge in [0, 0.05) is 6.04 Å². The first-order valence-corrected chi connectivity index (χ1v) is 6.31. The Morgan fingerprint density at radius 2 is 2.00 bits per heavy atom. The van der Waals surface area contributed by atoms with Crippen LogP contribution in [0.5, 0.6) is 0 Å². The summed E-state index contributed by atoms with van der Waals surface area (Å²) in [4.78, 5) is 10.7. The highest BCUT2D eigenvalue weighted by Crippen LogP contribution is 2.14. The van der Waals surface area contributed by atoms with Gasteiger partial charge < -0.3 is 10.4 Å². The van der Waals surface area contributed by atoms with Crippen LogP contribution in [0.3, 0.4) is 0 Å². The van der Waals surface area contributed by atoms with Crippen molar-refractivity contribution in [2.45, 2.75) is 38.1 Å². The number of nitrogens with one attached hydrogen (secondary N) is 1. The predicted octanol–water partition coefficient (Wildman–Crippen LogP) is 2.88. The van der Waals surface area contributed by atoms with E-state index in [4.69, 9.17) is 5.11 Å². The zero-order valence-corrected chi connectivity index (χ0v) is 11.2. The first kappa shape index (κ1) is 15.0. The van der Waals surface area contributed by atoms with Crippen molar-refractivity contribution in [2.24, 2.45) is 0 Å². The summed E-state index contributed by atoms with van der Waals surface area (Å²) in [5, 5.41) is 12.3. The Morgan fingerprint density at radius 1 is 1.28 bits per heavy atom. The lowest BCUT2D eigenvalue weighted by Gasteiger charge is -2.23. The molecule has 1 aliphatic heterocycles. The number of carbonyl (C=O) groups is 1. The molecule has 1 heterocycles. The van der Waals surface area contributed by atoms with Gasteiger partial charge in [0.15, 0.2) is 0 Å². The highest BCUT2D eigenvalue weighted by atomic mass is 35.5. The van der Waals surface area contributed by atoms with Crippen molar-refractivity contribution in [2.75, 3.05) is 6.54 Å². The van der Waals surface area contributed by atoms with E-state index in [0.29, 0.717) is 11.6 Å². The number of aryl methyl sites for hydroxylation is 1. The fourth-order valence-corrected chi connectivity index (χ4v) is 2.33. The standard InChI is InChI=1S/C14H19NO2.ClH/c16-14(17)12-7-4-11(5-8-12)6-9-13-3-1-2-10-15-13;/h4-5,7-8,13,15H,1-3,6,9-10H2,(H,16,17);1H. The zero-order valence-electron chi connectivity index (χ0n) is 10.4. The summed E-state index contributed by atoms with van der Waals surface area (Å²) in [6.45, 7) is 1.14. The van der Waals surface area contributed by atoms with Gasteiger partial charge in [-0.2, -0.15) is 0 Å². The van der Waals surface area contributed by atoms with E-state index in [1.165, 1.54) is 24.8 Å². The van der Waals surface area contributed by atoms with Crippen LogP contribution in [0.1, 0.15) is 41.6 Å². The van der Waals surface area contributed by atoms with Gasteiger partial charge in [0.2, 0.25) is 0 Å². The molecule has 4 heteroatoms. The van der Waals surface area contributed by atoms with E-state index in [9.17, 15) is 4.79 Å². The van der Waals surface area contributed by atoms with Crippen molar-refractivity contribution < 1.29 is 9.90 Å². The van der Waals surface area contributed by atoms with Gasteiger partial charge in [0.05, 0.1) is 5.56 Å². The fraction of sp³-hybridized carbons (Fsp3) is 0.500. The van der Waals surface area contributed by atoms with Crippen LogP contribution in [0.2, 0.25) is 0 Å². The SMILES string of the molecule is Cl.O=C(O)c1ccc(CCC2CCCCN2)cc1. The zero-order chi connectivity index (χ0) is 12.1. The molecular weight excluding hydrogens is 250 g/mol. The maximum Gasteiger partial charge on any atom is 0.335 e. The van der Waals surface area contributed by atoms with Crippen LogP contribution in [0.25, 0.3) is 0 Å². The van der Waals surface area contributed by atoms with Crippen molar-refractivity contribution in [3.8, 4) is 0 Å². The van der Waals surface area contributed by atoms with Crippen molar-refractivity contribution in [1.29, 1.82) is 0 Å². The molecule has 1 saturated heterocycles. The second-order valence-electron chi connectivity index (χ2n) is 4.69. The molecule has 1 fully saturated rings. The molecule has 3 nitrogen and oxygen atoms in total. The topological polar surface area (TPSA) is 49.3 Å². The summed E-state index contributed by atoms with van der Waals surface area (Å²) in [6, 6.07) is 7.86.